The van der Waals surface area contributed by atoms with Crippen molar-refractivity contribution in [1.29, 1.82) is 0 Å². The molecule has 0 unspecified atom stereocenters. The van der Waals surface area contributed by atoms with Crippen molar-refractivity contribution in [2.45, 2.75) is 640 Å². The summed E-state index contributed by atoms with van der Waals surface area (Å²) in [5.41, 5.74) is 2.23. The summed E-state index contributed by atoms with van der Waals surface area (Å²) in [6.45, 7) is 4.62. The summed E-state index contributed by atoms with van der Waals surface area (Å²) in [5.74, 6) is 0. The van der Waals surface area contributed by atoms with Crippen LogP contribution in [0, 0.1) is 0 Å². The molecule has 2 rings (SSSR count). The summed E-state index contributed by atoms with van der Waals surface area (Å²) in [6.07, 6.45) is 138. The third kappa shape index (κ3) is 93.8. The van der Waals surface area contributed by atoms with Crippen LogP contribution in [0.15, 0.2) is 58.3 Å². The number of benzene rings is 2. The SMILES string of the molecule is CCCCCCCCCCCCCCCCCCCCCCCCCCCCCCCCCCCCCCCCCCCCCCCCCc1ccc(S(=O)(=O)[O-])cc1.CCCCCCCCCCCCCCCCCCCCCCCCCCCCCCCCCCCCCCCCCCCCCCCCCc1ccc(S(=O)(=O)[O-])cc1.[Ba+2]. The predicted octanol–water partition coefficient (Wildman–Crippen LogP) is 38.6. The molecule has 0 aromatic heterocycles. The minimum Gasteiger partial charge on any atom is -0.744 e. The smallest absolute Gasteiger partial charge is 0.744 e. The molecule has 0 saturated carbocycles. The van der Waals surface area contributed by atoms with Gasteiger partial charge in [0.05, 0.1) is 9.79 Å². The standard InChI is InChI=1S/2C55H104O3S.Ba/c2*1-2-3-4-5-6-7-8-9-10-11-12-13-14-15-16-17-18-19-20-21-22-23-24-25-26-27-28-29-30-31-32-33-34-35-36-37-38-39-40-41-42-43-44-45-46-47-48-49-54-50-52-55(53-51-54)59(56,57)58;/h2*50-53H,2-49H2,1H3,(H,56,57,58);/q;;+2/p-2. The third-order valence-corrected chi connectivity index (χ3v) is 28.3. The van der Waals surface area contributed by atoms with Crippen molar-refractivity contribution in [3.05, 3.63) is 59.7 Å². The molecule has 0 amide bonds. The molecule has 0 aliphatic rings. The minimum atomic E-state index is -4.33. The van der Waals surface area contributed by atoms with Crippen LogP contribution in [0.25, 0.3) is 0 Å². The molecule has 2 aromatic rings. The Balaban J connectivity index is 0.00000232. The Hall–Kier alpha value is -0.169. The monoisotopic (exact) mass is 1830 g/mol. The topological polar surface area (TPSA) is 114 Å². The second kappa shape index (κ2) is 98.4. The largest absolute Gasteiger partial charge is 2.00 e. The van der Waals surface area contributed by atoms with Crippen molar-refractivity contribution >= 4 is 69.1 Å². The molecule has 0 heterocycles. The molecule has 119 heavy (non-hydrogen) atoms. The summed E-state index contributed by atoms with van der Waals surface area (Å²) in [6, 6.07) is 12.8. The first-order valence-electron chi connectivity index (χ1n) is 54.2. The van der Waals surface area contributed by atoms with Crippen LogP contribution in [0.3, 0.4) is 0 Å². The Morgan fingerprint density at radius 3 is 0.319 bits per heavy atom. The van der Waals surface area contributed by atoms with E-state index in [2.05, 4.69) is 13.8 Å². The molecule has 0 bridgehead atoms. The molecule has 9 heteroatoms. The second-order valence-corrected chi connectivity index (χ2v) is 41.0. The first-order chi connectivity index (χ1) is 58.1. The molecule has 0 atom stereocenters. The quantitative estimate of drug-likeness (QED) is 0.0370. The molecule has 696 valence electrons. The molecule has 2 aromatic carbocycles. The van der Waals surface area contributed by atoms with E-state index in [4.69, 9.17) is 0 Å². The number of unbranched alkanes of at least 4 members (excludes halogenated alkanes) is 92. The van der Waals surface area contributed by atoms with Gasteiger partial charge in [0, 0.05) is 0 Å². The molecular formula is C110H206BaO6S2. The Kier molecular flexibility index (Phi) is 98.3. The first kappa shape index (κ1) is 119. The van der Waals surface area contributed by atoms with Gasteiger partial charge in [0.2, 0.25) is 0 Å². The second-order valence-electron chi connectivity index (χ2n) is 38.2. The third-order valence-electron chi connectivity index (χ3n) is 26.6. The van der Waals surface area contributed by atoms with Crippen LogP contribution in [-0.2, 0) is 33.1 Å². The van der Waals surface area contributed by atoms with Crippen molar-refractivity contribution in [2.75, 3.05) is 0 Å². The van der Waals surface area contributed by atoms with Crippen LogP contribution in [0.2, 0.25) is 0 Å². The normalized spacial score (nSPS) is 11.8. The fourth-order valence-electron chi connectivity index (χ4n) is 18.4. The maximum atomic E-state index is 11.0. The number of hydrogen-bond acceptors (Lipinski definition) is 6. The van der Waals surface area contributed by atoms with Crippen LogP contribution in [-0.4, -0.2) is 74.8 Å². The van der Waals surface area contributed by atoms with Crippen molar-refractivity contribution in [1.82, 2.24) is 0 Å². The zero-order chi connectivity index (χ0) is 84.8. The van der Waals surface area contributed by atoms with E-state index in [1.54, 1.807) is 24.3 Å². The van der Waals surface area contributed by atoms with Gasteiger partial charge in [0.25, 0.3) is 0 Å². The predicted molar refractivity (Wildman–Crippen MR) is 527 cm³/mol. The molecule has 0 radical (unpaired) electrons. The van der Waals surface area contributed by atoms with E-state index >= 15 is 0 Å². The summed E-state index contributed by atoms with van der Waals surface area (Å²) in [5, 5.41) is 0. The van der Waals surface area contributed by atoms with E-state index in [0.717, 1.165) is 36.8 Å². The van der Waals surface area contributed by atoms with E-state index in [9.17, 15) is 25.9 Å². The number of aryl methyl sites for hydroxylation is 2. The van der Waals surface area contributed by atoms with Crippen LogP contribution in [0.5, 0.6) is 0 Å². The first-order valence-corrected chi connectivity index (χ1v) is 57.0. The molecule has 0 N–H and O–H groups in total. The van der Waals surface area contributed by atoms with Crippen molar-refractivity contribution < 1.29 is 25.9 Å². The van der Waals surface area contributed by atoms with E-state index in [1.165, 1.54) is 615 Å². The molecule has 0 saturated heterocycles. The maximum absolute atomic E-state index is 11.0. The average molecular weight is 1830 g/mol. The zero-order valence-corrected chi connectivity index (χ0v) is 86.5. The van der Waals surface area contributed by atoms with Gasteiger partial charge in [0.1, 0.15) is 20.2 Å². The van der Waals surface area contributed by atoms with E-state index in [0.29, 0.717) is 0 Å². The van der Waals surface area contributed by atoms with Gasteiger partial charge >= 0.3 is 48.9 Å². The molecular weight excluding hydrogens is 1620 g/mol. The summed E-state index contributed by atoms with van der Waals surface area (Å²) in [4.78, 5) is -0.262. The van der Waals surface area contributed by atoms with E-state index < -0.39 is 20.2 Å². The van der Waals surface area contributed by atoms with Gasteiger partial charge in [0.15, 0.2) is 0 Å². The summed E-state index contributed by atoms with van der Waals surface area (Å²) in [7, 11) is -8.67. The molecule has 0 aliphatic heterocycles. The average Bonchev–Trinajstić information content (AvgIpc) is 0.867. The Labute approximate surface area is 787 Å². The number of hydrogen-bond donors (Lipinski definition) is 0. The van der Waals surface area contributed by atoms with Crippen LogP contribution in [0.4, 0.5) is 0 Å². The van der Waals surface area contributed by atoms with Gasteiger partial charge < -0.3 is 9.11 Å². The molecule has 0 aliphatic carbocycles. The maximum Gasteiger partial charge on any atom is 2.00 e. The van der Waals surface area contributed by atoms with Gasteiger partial charge in [-0.3, -0.25) is 0 Å². The molecule has 0 spiro atoms. The fraction of sp³-hybridized carbons (Fsp3) is 0.891. The van der Waals surface area contributed by atoms with E-state index in [1.807, 2.05) is 0 Å². The van der Waals surface area contributed by atoms with Crippen LogP contribution in [0.1, 0.15) is 629 Å². The van der Waals surface area contributed by atoms with Crippen molar-refractivity contribution in [3.8, 4) is 0 Å². The van der Waals surface area contributed by atoms with Gasteiger partial charge in [-0.15, -0.1) is 0 Å². The van der Waals surface area contributed by atoms with E-state index in [-0.39, 0.29) is 58.7 Å². The molecule has 6 nitrogen and oxygen atoms in total. The summed E-state index contributed by atoms with van der Waals surface area (Å²) >= 11 is 0. The fourth-order valence-corrected chi connectivity index (χ4v) is 19.3. The van der Waals surface area contributed by atoms with Gasteiger partial charge in [-0.05, 0) is 61.1 Å². The minimum absolute atomic E-state index is 0. The van der Waals surface area contributed by atoms with Crippen LogP contribution >= 0.6 is 0 Å². The molecule has 0 fully saturated rings. The van der Waals surface area contributed by atoms with Crippen molar-refractivity contribution in [2.24, 2.45) is 0 Å². The summed E-state index contributed by atoms with van der Waals surface area (Å²) < 4.78 is 66.2. The zero-order valence-electron chi connectivity index (χ0n) is 80.5. The van der Waals surface area contributed by atoms with Gasteiger partial charge in [-0.1, -0.05) is 629 Å². The Morgan fingerprint density at radius 2 is 0.235 bits per heavy atom. The number of rotatable bonds is 98. The Morgan fingerprint density at radius 1 is 0.151 bits per heavy atom. The van der Waals surface area contributed by atoms with Crippen LogP contribution < -0.4 is 0 Å². The van der Waals surface area contributed by atoms with Gasteiger partial charge in [-0.2, -0.15) is 0 Å². The van der Waals surface area contributed by atoms with Crippen molar-refractivity contribution in [3.63, 3.8) is 0 Å². The van der Waals surface area contributed by atoms with Gasteiger partial charge in [-0.25, -0.2) is 16.8 Å². The Bertz CT molecular complexity index is 2280.